The van der Waals surface area contributed by atoms with Crippen molar-refractivity contribution in [2.45, 2.75) is 31.8 Å². The van der Waals surface area contributed by atoms with E-state index < -0.39 is 0 Å². The Hall–Kier alpha value is -1.49. The quantitative estimate of drug-likeness (QED) is 0.849. The maximum atomic E-state index is 12.7. The van der Waals surface area contributed by atoms with Gasteiger partial charge in [0.1, 0.15) is 0 Å². The van der Waals surface area contributed by atoms with Crippen LogP contribution in [-0.4, -0.2) is 53.0 Å². The lowest BCUT2D eigenvalue weighted by molar-refractivity contribution is -0.130. The zero-order chi connectivity index (χ0) is 14.7. The molecule has 2 aliphatic rings. The second-order valence-electron chi connectivity index (χ2n) is 6.14. The Morgan fingerprint density at radius 3 is 2.76 bits per heavy atom. The summed E-state index contributed by atoms with van der Waals surface area (Å²) in [5.41, 5.74) is 1.23. The van der Waals surface area contributed by atoms with Crippen LogP contribution >= 0.6 is 0 Å². The number of rotatable bonds is 4. The fourth-order valence-corrected chi connectivity index (χ4v) is 3.40. The monoisotopic (exact) mass is 291 g/mol. The Morgan fingerprint density at radius 1 is 1.33 bits per heavy atom. The Kier molecular flexibility index (Phi) is 4.48. The summed E-state index contributed by atoms with van der Waals surface area (Å²) in [4.78, 5) is 20.4. The number of hydrogen-bond acceptors (Lipinski definition) is 3. The van der Waals surface area contributed by atoms with Gasteiger partial charge in [-0.2, -0.15) is 0 Å². The van der Waals surface area contributed by atoms with Crippen LogP contribution in [0.2, 0.25) is 0 Å². The Balaban J connectivity index is 1.50. The highest BCUT2D eigenvalue weighted by atomic mass is 19.1. The molecule has 0 saturated carbocycles. The number of alkyl halides is 1. The van der Waals surface area contributed by atoms with E-state index in [1.54, 1.807) is 6.20 Å². The molecule has 1 unspecified atom stereocenters. The third-order valence-corrected chi connectivity index (χ3v) is 4.58. The van der Waals surface area contributed by atoms with Crippen molar-refractivity contribution in [2.75, 3.05) is 26.3 Å². The number of nitrogens with zero attached hydrogens (tertiary/aromatic N) is 3. The molecule has 114 valence electrons. The highest BCUT2D eigenvalue weighted by molar-refractivity contribution is 5.79. The topological polar surface area (TPSA) is 36.4 Å². The van der Waals surface area contributed by atoms with Gasteiger partial charge in [-0.25, -0.2) is 0 Å². The molecule has 3 rings (SSSR count). The molecule has 3 heterocycles. The van der Waals surface area contributed by atoms with Crippen molar-refractivity contribution in [3.05, 3.63) is 30.1 Å². The first-order valence-electron chi connectivity index (χ1n) is 7.73. The first-order valence-corrected chi connectivity index (χ1v) is 7.73. The van der Waals surface area contributed by atoms with E-state index in [1.807, 2.05) is 17.2 Å². The summed E-state index contributed by atoms with van der Waals surface area (Å²) in [6, 6.07) is 4.36. The van der Waals surface area contributed by atoms with Crippen LogP contribution in [0.3, 0.4) is 0 Å². The number of amides is 1. The van der Waals surface area contributed by atoms with Crippen LogP contribution in [0.25, 0.3) is 0 Å². The maximum absolute atomic E-state index is 12.7. The highest BCUT2D eigenvalue weighted by Crippen LogP contribution is 2.26. The summed E-state index contributed by atoms with van der Waals surface area (Å²) in [5.74, 6) is 0.0642. The van der Waals surface area contributed by atoms with E-state index in [1.165, 1.54) is 5.56 Å². The van der Waals surface area contributed by atoms with Gasteiger partial charge in [-0.15, -0.1) is 0 Å². The summed E-state index contributed by atoms with van der Waals surface area (Å²) >= 11 is 0. The predicted molar refractivity (Wildman–Crippen MR) is 78.3 cm³/mol. The smallest absolute Gasteiger partial charge is 0.223 e. The van der Waals surface area contributed by atoms with Gasteiger partial charge in [-0.1, -0.05) is 6.07 Å². The van der Waals surface area contributed by atoms with E-state index in [0.29, 0.717) is 19.0 Å². The van der Waals surface area contributed by atoms with Crippen LogP contribution in [0.15, 0.2) is 24.5 Å². The molecule has 2 aliphatic heterocycles. The minimum absolute atomic E-state index is 0.0778. The molecule has 0 radical (unpaired) electrons. The van der Waals surface area contributed by atoms with Gasteiger partial charge in [-0.05, 0) is 24.5 Å². The Morgan fingerprint density at radius 2 is 2.14 bits per heavy atom. The summed E-state index contributed by atoms with van der Waals surface area (Å²) in [7, 11) is 0. The molecule has 0 N–H and O–H groups in total. The number of piperidine rings is 1. The van der Waals surface area contributed by atoms with Crippen LogP contribution in [0, 0.1) is 5.92 Å². The zero-order valence-corrected chi connectivity index (χ0v) is 12.2. The molecule has 0 aromatic carbocycles. The van der Waals surface area contributed by atoms with Gasteiger partial charge in [0.2, 0.25) is 5.91 Å². The minimum atomic E-state index is -0.373. The fraction of sp³-hybridized carbons (Fsp3) is 0.625. The molecule has 21 heavy (non-hydrogen) atoms. The minimum Gasteiger partial charge on any atom is -0.339 e. The van der Waals surface area contributed by atoms with Crippen LogP contribution in [-0.2, 0) is 11.3 Å². The fourth-order valence-electron chi connectivity index (χ4n) is 3.40. The number of hydrogen-bond donors (Lipinski definition) is 0. The van der Waals surface area contributed by atoms with E-state index in [2.05, 4.69) is 16.0 Å². The average molecular weight is 291 g/mol. The van der Waals surface area contributed by atoms with Gasteiger partial charge in [0, 0.05) is 57.0 Å². The van der Waals surface area contributed by atoms with Crippen LogP contribution in [0.1, 0.15) is 24.8 Å². The highest BCUT2D eigenvalue weighted by Gasteiger charge is 2.35. The number of aromatic nitrogens is 1. The SMILES string of the molecule is O=C1CC(CF)CN1C1CCN(Cc2cccnc2)CC1. The molecule has 5 heteroatoms. The molecule has 1 aromatic rings. The third kappa shape index (κ3) is 3.40. The van der Waals surface area contributed by atoms with Gasteiger partial charge in [0.15, 0.2) is 0 Å². The molecular weight excluding hydrogens is 269 g/mol. The average Bonchev–Trinajstić information content (AvgIpc) is 2.90. The van der Waals surface area contributed by atoms with Gasteiger partial charge < -0.3 is 4.90 Å². The van der Waals surface area contributed by atoms with Crippen molar-refractivity contribution < 1.29 is 9.18 Å². The Labute approximate surface area is 125 Å². The van der Waals surface area contributed by atoms with Crippen molar-refractivity contribution in [1.29, 1.82) is 0 Å². The number of halogens is 1. The van der Waals surface area contributed by atoms with Crippen molar-refractivity contribution in [3.63, 3.8) is 0 Å². The lowest BCUT2D eigenvalue weighted by atomic mass is 10.0. The number of carbonyl (C=O) groups is 1. The van der Waals surface area contributed by atoms with Crippen LogP contribution < -0.4 is 0 Å². The van der Waals surface area contributed by atoms with Crippen LogP contribution in [0.5, 0.6) is 0 Å². The van der Waals surface area contributed by atoms with Crippen molar-refractivity contribution in [3.8, 4) is 0 Å². The molecule has 1 atom stereocenters. The third-order valence-electron chi connectivity index (χ3n) is 4.58. The molecule has 0 bridgehead atoms. The molecular formula is C16H22FN3O. The van der Waals surface area contributed by atoms with Gasteiger partial charge in [-0.3, -0.25) is 19.1 Å². The second kappa shape index (κ2) is 6.52. The van der Waals surface area contributed by atoms with Crippen LogP contribution in [0.4, 0.5) is 4.39 Å². The molecule has 4 nitrogen and oxygen atoms in total. The largest absolute Gasteiger partial charge is 0.339 e. The van der Waals surface area contributed by atoms with E-state index in [0.717, 1.165) is 32.5 Å². The molecule has 1 aromatic heterocycles. The lowest BCUT2D eigenvalue weighted by Gasteiger charge is -2.36. The number of pyridine rings is 1. The lowest BCUT2D eigenvalue weighted by Crippen LogP contribution is -2.45. The second-order valence-corrected chi connectivity index (χ2v) is 6.14. The normalized spacial score (nSPS) is 24.7. The molecule has 1 amide bonds. The predicted octanol–water partition coefficient (Wildman–Crippen LogP) is 1.86. The van der Waals surface area contributed by atoms with Gasteiger partial charge in [0.25, 0.3) is 0 Å². The summed E-state index contributed by atoms with van der Waals surface area (Å²) in [6.07, 6.45) is 6.07. The maximum Gasteiger partial charge on any atom is 0.223 e. The molecule has 0 aliphatic carbocycles. The zero-order valence-electron chi connectivity index (χ0n) is 12.2. The van der Waals surface area contributed by atoms with E-state index in [9.17, 15) is 9.18 Å². The summed E-state index contributed by atoms with van der Waals surface area (Å²) < 4.78 is 12.7. The Bertz CT molecular complexity index is 474. The molecule has 2 fully saturated rings. The van der Waals surface area contributed by atoms with Gasteiger partial charge in [0.05, 0.1) is 6.67 Å². The van der Waals surface area contributed by atoms with E-state index in [-0.39, 0.29) is 18.5 Å². The van der Waals surface area contributed by atoms with Crippen molar-refractivity contribution in [1.82, 2.24) is 14.8 Å². The van der Waals surface area contributed by atoms with Crippen molar-refractivity contribution >= 4 is 5.91 Å². The van der Waals surface area contributed by atoms with E-state index in [4.69, 9.17) is 0 Å². The molecule has 2 saturated heterocycles. The number of likely N-dealkylation sites (tertiary alicyclic amines) is 2. The first-order chi connectivity index (χ1) is 10.3. The van der Waals surface area contributed by atoms with Crippen molar-refractivity contribution in [2.24, 2.45) is 5.92 Å². The van der Waals surface area contributed by atoms with Gasteiger partial charge >= 0.3 is 0 Å². The summed E-state index contributed by atoms with van der Waals surface area (Å²) in [5, 5.41) is 0. The first kappa shape index (κ1) is 14.4. The number of carbonyl (C=O) groups excluding carboxylic acids is 1. The standard InChI is InChI=1S/C16H22FN3O/c17-9-14-8-16(21)20(12-14)15-3-6-19(7-4-15)11-13-2-1-5-18-10-13/h1-2,5,10,14-15H,3-4,6-9,11-12H2. The van der Waals surface area contributed by atoms with E-state index >= 15 is 0 Å². The summed E-state index contributed by atoms with van der Waals surface area (Å²) in [6.45, 7) is 3.14. The molecule has 0 spiro atoms.